The summed E-state index contributed by atoms with van der Waals surface area (Å²) in [5.41, 5.74) is -7.97. The van der Waals surface area contributed by atoms with Crippen LogP contribution in [0.2, 0.25) is 0 Å². The lowest BCUT2D eigenvalue weighted by Gasteiger charge is -2.17. The van der Waals surface area contributed by atoms with E-state index in [1.807, 2.05) is 0 Å². The molecule has 34 heavy (non-hydrogen) atoms. The Hall–Kier alpha value is -3.62. The lowest BCUT2D eigenvalue weighted by molar-refractivity contribution is -0.137. The molecular weight excluding hydrogens is 492 g/mol. The highest BCUT2D eigenvalue weighted by Crippen LogP contribution is 2.36. The van der Waals surface area contributed by atoms with Crippen LogP contribution in [0.1, 0.15) is 34.6 Å². The Kier molecular flexibility index (Phi) is 6.59. The van der Waals surface area contributed by atoms with Gasteiger partial charge < -0.3 is 5.32 Å². The molecule has 0 aliphatic carbocycles. The number of hydrogen-bond donors (Lipinski definition) is 1. The number of nitrogens with one attached hydrogen (secondary N) is 1. The lowest BCUT2D eigenvalue weighted by atomic mass is 10.1. The van der Waals surface area contributed by atoms with Gasteiger partial charge in [0.2, 0.25) is 0 Å². The van der Waals surface area contributed by atoms with E-state index < -0.39 is 49.5 Å². The Labute approximate surface area is 188 Å². The van der Waals surface area contributed by atoms with Crippen molar-refractivity contribution in [1.82, 2.24) is 25.3 Å². The van der Waals surface area contributed by atoms with E-state index in [1.54, 1.807) is 0 Å². The average molecular weight is 505 g/mol. The SMILES string of the molecule is CC(NC(=O)c1cc(C(F)(F)F)cc(S(=O)(=O)C(F)(F)F)c1)c1nccnc1-c1cnccn1. The standard InChI is InChI=1S/C19H13F6N5O3S/c1-10(15-16(29-5-4-28-15)14-9-26-2-3-27-14)30-17(31)11-6-12(18(20,21)22)8-13(7-11)34(32,33)19(23,24)25/h2-10H,1H3,(H,30,31). The predicted octanol–water partition coefficient (Wildman–Crippen LogP) is 3.74. The van der Waals surface area contributed by atoms with Crippen LogP contribution in [0.15, 0.2) is 54.1 Å². The molecule has 0 saturated heterocycles. The van der Waals surface area contributed by atoms with Crippen LogP contribution < -0.4 is 5.32 Å². The smallest absolute Gasteiger partial charge is 0.344 e. The second-order valence-electron chi connectivity index (χ2n) is 6.77. The zero-order valence-electron chi connectivity index (χ0n) is 16.9. The lowest BCUT2D eigenvalue weighted by Crippen LogP contribution is -2.29. The van der Waals surface area contributed by atoms with Gasteiger partial charge in [-0.1, -0.05) is 0 Å². The van der Waals surface area contributed by atoms with Gasteiger partial charge in [-0.2, -0.15) is 26.3 Å². The zero-order valence-corrected chi connectivity index (χ0v) is 17.7. The van der Waals surface area contributed by atoms with Gasteiger partial charge in [0.1, 0.15) is 11.4 Å². The van der Waals surface area contributed by atoms with Crippen LogP contribution in [-0.2, 0) is 16.0 Å². The molecular formula is C19H13F6N5O3S. The minimum Gasteiger partial charge on any atom is -0.344 e. The molecule has 2 heterocycles. The van der Waals surface area contributed by atoms with Crippen molar-refractivity contribution in [2.75, 3.05) is 0 Å². The largest absolute Gasteiger partial charge is 0.501 e. The van der Waals surface area contributed by atoms with Crippen LogP contribution in [0.4, 0.5) is 26.3 Å². The number of aromatic nitrogens is 4. The average Bonchev–Trinajstić information content (AvgIpc) is 2.78. The molecule has 1 N–H and O–H groups in total. The molecule has 0 aliphatic rings. The fraction of sp³-hybridized carbons (Fsp3) is 0.211. The van der Waals surface area contributed by atoms with E-state index in [2.05, 4.69) is 25.3 Å². The molecule has 0 saturated carbocycles. The van der Waals surface area contributed by atoms with Gasteiger partial charge >= 0.3 is 11.7 Å². The van der Waals surface area contributed by atoms with Gasteiger partial charge in [-0.3, -0.25) is 24.7 Å². The molecule has 2 aromatic heterocycles. The number of benzene rings is 1. The van der Waals surface area contributed by atoms with E-state index in [4.69, 9.17) is 0 Å². The molecule has 0 fully saturated rings. The van der Waals surface area contributed by atoms with Crippen molar-refractivity contribution < 1.29 is 39.6 Å². The number of halogens is 6. The molecule has 0 aliphatic heterocycles. The first-order valence-electron chi connectivity index (χ1n) is 9.13. The maximum atomic E-state index is 13.2. The number of hydrogen-bond acceptors (Lipinski definition) is 7. The normalized spacial score (nSPS) is 13.4. The summed E-state index contributed by atoms with van der Waals surface area (Å²) in [4.78, 5) is 27.1. The zero-order chi connectivity index (χ0) is 25.3. The molecule has 15 heteroatoms. The summed E-state index contributed by atoms with van der Waals surface area (Å²) in [5.74, 6) is -1.27. The van der Waals surface area contributed by atoms with E-state index in [9.17, 15) is 39.6 Å². The first kappa shape index (κ1) is 25.0. The van der Waals surface area contributed by atoms with Crippen molar-refractivity contribution >= 4 is 15.7 Å². The summed E-state index contributed by atoms with van der Waals surface area (Å²) in [6.07, 6.45) is 1.48. The minimum atomic E-state index is -6.16. The van der Waals surface area contributed by atoms with Crippen molar-refractivity contribution in [1.29, 1.82) is 0 Å². The van der Waals surface area contributed by atoms with Gasteiger partial charge in [-0.25, -0.2) is 8.42 Å². The maximum Gasteiger partial charge on any atom is 0.501 e. The number of alkyl halides is 6. The Morgan fingerprint density at radius 2 is 1.59 bits per heavy atom. The summed E-state index contributed by atoms with van der Waals surface area (Å²) >= 11 is 0. The summed E-state index contributed by atoms with van der Waals surface area (Å²) in [6.45, 7) is 1.39. The quantitative estimate of drug-likeness (QED) is 0.526. The number of carbonyl (C=O) groups is 1. The molecule has 1 unspecified atom stereocenters. The molecule has 0 bridgehead atoms. The van der Waals surface area contributed by atoms with Crippen LogP contribution in [-0.4, -0.2) is 39.8 Å². The monoisotopic (exact) mass is 505 g/mol. The first-order chi connectivity index (χ1) is 15.7. The summed E-state index contributed by atoms with van der Waals surface area (Å²) in [5, 5.41) is 2.29. The number of rotatable bonds is 5. The number of carbonyl (C=O) groups excluding carboxylic acids is 1. The minimum absolute atomic E-state index is 0.131. The third-order valence-corrected chi connectivity index (χ3v) is 5.87. The Balaban J connectivity index is 2.01. The van der Waals surface area contributed by atoms with Gasteiger partial charge in [0.25, 0.3) is 15.7 Å². The van der Waals surface area contributed by atoms with E-state index in [1.165, 1.54) is 37.9 Å². The van der Waals surface area contributed by atoms with Gasteiger partial charge in [0.05, 0.1) is 28.4 Å². The summed E-state index contributed by atoms with van der Waals surface area (Å²) < 4.78 is 102. The van der Waals surface area contributed by atoms with E-state index in [0.29, 0.717) is 0 Å². The van der Waals surface area contributed by atoms with Crippen molar-refractivity contribution in [3.63, 3.8) is 0 Å². The molecule has 0 spiro atoms. The van der Waals surface area contributed by atoms with Crippen LogP contribution in [0.3, 0.4) is 0 Å². The fourth-order valence-electron chi connectivity index (χ4n) is 2.82. The highest BCUT2D eigenvalue weighted by atomic mass is 32.2. The van der Waals surface area contributed by atoms with Crippen LogP contribution in [0.5, 0.6) is 0 Å². The molecule has 3 rings (SSSR count). The fourth-order valence-corrected chi connectivity index (χ4v) is 3.65. The maximum absolute atomic E-state index is 13.2. The molecule has 180 valence electrons. The van der Waals surface area contributed by atoms with Gasteiger partial charge in [0.15, 0.2) is 0 Å². The molecule has 0 radical (unpaired) electrons. The van der Waals surface area contributed by atoms with Crippen molar-refractivity contribution in [2.24, 2.45) is 0 Å². The third kappa shape index (κ3) is 5.13. The molecule has 1 atom stereocenters. The topological polar surface area (TPSA) is 115 Å². The number of sulfone groups is 1. The summed E-state index contributed by atoms with van der Waals surface area (Å²) in [6, 6.07) is -0.730. The van der Waals surface area contributed by atoms with Crippen LogP contribution >= 0.6 is 0 Å². The van der Waals surface area contributed by atoms with Crippen LogP contribution in [0.25, 0.3) is 11.4 Å². The molecule has 1 amide bonds. The van der Waals surface area contributed by atoms with Crippen molar-refractivity contribution in [3.05, 3.63) is 66.0 Å². The van der Waals surface area contributed by atoms with Gasteiger partial charge in [-0.05, 0) is 25.1 Å². The Morgan fingerprint density at radius 3 is 2.18 bits per heavy atom. The van der Waals surface area contributed by atoms with E-state index >= 15 is 0 Å². The summed E-state index contributed by atoms with van der Waals surface area (Å²) in [7, 11) is -6.16. The number of nitrogens with zero attached hydrogens (tertiary/aromatic N) is 4. The molecule has 3 aromatic rings. The van der Waals surface area contributed by atoms with Crippen LogP contribution in [0, 0.1) is 0 Å². The first-order valence-corrected chi connectivity index (χ1v) is 10.6. The highest BCUT2D eigenvalue weighted by Gasteiger charge is 2.48. The molecule has 1 aromatic carbocycles. The van der Waals surface area contributed by atoms with Gasteiger partial charge in [-0.15, -0.1) is 0 Å². The van der Waals surface area contributed by atoms with Crippen molar-refractivity contribution in [3.8, 4) is 11.4 Å². The van der Waals surface area contributed by atoms with E-state index in [-0.39, 0.29) is 35.3 Å². The number of amides is 1. The Morgan fingerprint density at radius 1 is 0.941 bits per heavy atom. The van der Waals surface area contributed by atoms with Gasteiger partial charge in [0, 0.05) is 30.4 Å². The second-order valence-corrected chi connectivity index (χ2v) is 8.71. The molecule has 8 nitrogen and oxygen atoms in total. The van der Waals surface area contributed by atoms with E-state index in [0.717, 1.165) is 0 Å². The predicted molar refractivity (Wildman–Crippen MR) is 104 cm³/mol. The Bertz CT molecular complexity index is 1310. The highest BCUT2D eigenvalue weighted by molar-refractivity contribution is 7.92. The second kappa shape index (κ2) is 8.96. The van der Waals surface area contributed by atoms with Crippen molar-refractivity contribution in [2.45, 2.75) is 29.5 Å². The third-order valence-electron chi connectivity index (χ3n) is 4.40.